The van der Waals surface area contributed by atoms with Gasteiger partial charge in [-0.25, -0.2) is 14.5 Å². The van der Waals surface area contributed by atoms with Gasteiger partial charge in [0.05, 0.1) is 15.7 Å². The minimum atomic E-state index is -1.16. The van der Waals surface area contributed by atoms with E-state index in [0.29, 0.717) is 28.0 Å². The number of rotatable bonds is 3. The molecule has 0 bridgehead atoms. The number of halogens is 2. The van der Waals surface area contributed by atoms with Crippen molar-refractivity contribution in [3.63, 3.8) is 0 Å². The third-order valence-electron chi connectivity index (χ3n) is 2.33. The first-order valence-corrected chi connectivity index (χ1v) is 5.93. The highest BCUT2D eigenvalue weighted by atomic mass is 35.5. The summed E-state index contributed by atoms with van der Waals surface area (Å²) in [6, 6.07) is 4.94. The van der Waals surface area contributed by atoms with Gasteiger partial charge in [-0.3, -0.25) is 0 Å². The van der Waals surface area contributed by atoms with Gasteiger partial charge in [-0.1, -0.05) is 30.1 Å². The molecule has 94 valence electrons. The lowest BCUT2D eigenvalue weighted by atomic mass is 10.3. The van der Waals surface area contributed by atoms with Gasteiger partial charge in [-0.05, 0) is 18.2 Å². The fourth-order valence-electron chi connectivity index (χ4n) is 1.49. The number of aromatic carboxylic acids is 1. The van der Waals surface area contributed by atoms with Gasteiger partial charge in [0, 0.05) is 6.42 Å². The van der Waals surface area contributed by atoms with Crippen LogP contribution in [0.5, 0.6) is 0 Å². The van der Waals surface area contributed by atoms with Gasteiger partial charge in [-0.2, -0.15) is 0 Å². The molecule has 0 saturated heterocycles. The molecule has 0 fully saturated rings. The highest BCUT2D eigenvalue weighted by Gasteiger charge is 2.15. The molecule has 1 aromatic carbocycles. The highest BCUT2D eigenvalue weighted by molar-refractivity contribution is 6.42. The Bertz CT molecular complexity index is 610. The molecular formula is C11H9Cl2N3O2. The molecule has 5 nitrogen and oxygen atoms in total. The Hall–Kier alpha value is -1.59. The SMILES string of the molecule is CCc1nc(C(=O)O)nn1-c1ccc(Cl)c(Cl)c1. The van der Waals surface area contributed by atoms with Crippen LogP contribution in [-0.2, 0) is 6.42 Å². The molecule has 7 heteroatoms. The van der Waals surface area contributed by atoms with Crippen LogP contribution in [0, 0.1) is 0 Å². The Morgan fingerprint density at radius 1 is 1.39 bits per heavy atom. The van der Waals surface area contributed by atoms with E-state index in [1.165, 1.54) is 4.68 Å². The average Bonchev–Trinajstić information content (AvgIpc) is 2.77. The molecule has 0 atom stereocenters. The maximum absolute atomic E-state index is 10.8. The van der Waals surface area contributed by atoms with Gasteiger partial charge < -0.3 is 5.11 Å². The van der Waals surface area contributed by atoms with E-state index in [1.807, 2.05) is 6.92 Å². The minimum absolute atomic E-state index is 0.238. The molecule has 18 heavy (non-hydrogen) atoms. The van der Waals surface area contributed by atoms with Crippen LogP contribution in [-0.4, -0.2) is 25.8 Å². The third kappa shape index (κ3) is 2.32. The lowest BCUT2D eigenvalue weighted by Crippen LogP contribution is -2.03. The molecule has 0 spiro atoms. The lowest BCUT2D eigenvalue weighted by Gasteiger charge is -2.05. The summed E-state index contributed by atoms with van der Waals surface area (Å²) in [5.74, 6) is -0.854. The van der Waals surface area contributed by atoms with Crippen LogP contribution in [0.4, 0.5) is 0 Å². The maximum Gasteiger partial charge on any atom is 0.375 e. The van der Waals surface area contributed by atoms with E-state index in [-0.39, 0.29) is 5.82 Å². The average molecular weight is 286 g/mol. The van der Waals surface area contributed by atoms with Crippen LogP contribution in [0.25, 0.3) is 5.69 Å². The highest BCUT2D eigenvalue weighted by Crippen LogP contribution is 2.24. The number of carbonyl (C=O) groups is 1. The summed E-state index contributed by atoms with van der Waals surface area (Å²) in [6.07, 6.45) is 0.556. The number of nitrogens with zero attached hydrogens (tertiary/aromatic N) is 3. The predicted octanol–water partition coefficient (Wildman–Crippen LogP) is 2.83. The molecule has 0 unspecified atom stereocenters. The number of benzene rings is 1. The van der Waals surface area contributed by atoms with Crippen LogP contribution < -0.4 is 0 Å². The van der Waals surface area contributed by atoms with E-state index < -0.39 is 5.97 Å². The number of aryl methyl sites for hydroxylation is 1. The minimum Gasteiger partial charge on any atom is -0.475 e. The fourth-order valence-corrected chi connectivity index (χ4v) is 1.78. The van der Waals surface area contributed by atoms with Gasteiger partial charge >= 0.3 is 5.97 Å². The Balaban J connectivity index is 2.55. The Labute approximate surface area is 113 Å². The Kier molecular flexibility index (Phi) is 3.54. The maximum atomic E-state index is 10.8. The van der Waals surface area contributed by atoms with Crippen LogP contribution in [0.1, 0.15) is 23.4 Å². The second kappa shape index (κ2) is 4.96. The topological polar surface area (TPSA) is 68.0 Å². The molecule has 2 aromatic rings. The van der Waals surface area contributed by atoms with Gasteiger partial charge in [0.1, 0.15) is 5.82 Å². The Morgan fingerprint density at radius 2 is 2.11 bits per heavy atom. The molecule has 0 aliphatic rings. The lowest BCUT2D eigenvalue weighted by molar-refractivity contribution is 0.0683. The van der Waals surface area contributed by atoms with E-state index in [9.17, 15) is 4.79 Å². The largest absolute Gasteiger partial charge is 0.475 e. The van der Waals surface area contributed by atoms with Crippen LogP contribution in [0.3, 0.4) is 0 Å². The van der Waals surface area contributed by atoms with E-state index in [2.05, 4.69) is 10.1 Å². The van der Waals surface area contributed by atoms with Crippen molar-refractivity contribution in [2.45, 2.75) is 13.3 Å². The number of carboxylic acids is 1. The Morgan fingerprint density at radius 3 is 2.67 bits per heavy atom. The zero-order chi connectivity index (χ0) is 13.3. The van der Waals surface area contributed by atoms with Crippen molar-refractivity contribution in [2.75, 3.05) is 0 Å². The smallest absolute Gasteiger partial charge is 0.375 e. The van der Waals surface area contributed by atoms with Gasteiger partial charge in [0.2, 0.25) is 0 Å². The molecule has 0 radical (unpaired) electrons. The molecule has 0 amide bonds. The molecule has 0 aliphatic carbocycles. The second-order valence-electron chi connectivity index (χ2n) is 3.52. The van der Waals surface area contributed by atoms with Gasteiger partial charge in [-0.15, -0.1) is 5.10 Å². The molecule has 1 heterocycles. The van der Waals surface area contributed by atoms with Crippen molar-refractivity contribution in [2.24, 2.45) is 0 Å². The summed E-state index contributed by atoms with van der Waals surface area (Å²) in [6.45, 7) is 1.86. The van der Waals surface area contributed by atoms with Gasteiger partial charge in [0.15, 0.2) is 0 Å². The standard InChI is InChI=1S/C11H9Cl2N3O2/c1-2-9-14-10(11(17)18)15-16(9)6-3-4-7(12)8(13)5-6/h3-5H,2H2,1H3,(H,17,18). The van der Waals surface area contributed by atoms with E-state index in [0.717, 1.165) is 0 Å². The summed E-state index contributed by atoms with van der Waals surface area (Å²) < 4.78 is 1.45. The first-order chi connectivity index (χ1) is 8.52. The van der Waals surface area contributed by atoms with E-state index in [4.69, 9.17) is 28.3 Å². The third-order valence-corrected chi connectivity index (χ3v) is 3.07. The summed E-state index contributed by atoms with van der Waals surface area (Å²) in [4.78, 5) is 14.8. The van der Waals surface area contributed by atoms with Crippen molar-refractivity contribution in [3.05, 3.63) is 39.9 Å². The van der Waals surface area contributed by atoms with E-state index >= 15 is 0 Å². The molecular weight excluding hydrogens is 277 g/mol. The van der Waals surface area contributed by atoms with Crippen LogP contribution in [0.15, 0.2) is 18.2 Å². The molecule has 1 N–H and O–H groups in total. The molecule has 0 aliphatic heterocycles. The zero-order valence-corrected chi connectivity index (χ0v) is 10.9. The van der Waals surface area contributed by atoms with Crippen LogP contribution in [0.2, 0.25) is 10.0 Å². The van der Waals surface area contributed by atoms with Crippen molar-refractivity contribution in [1.82, 2.24) is 14.8 Å². The summed E-state index contributed by atoms with van der Waals surface area (Å²) >= 11 is 11.7. The zero-order valence-electron chi connectivity index (χ0n) is 9.39. The quantitative estimate of drug-likeness (QED) is 0.942. The first kappa shape index (κ1) is 12.9. The predicted molar refractivity (Wildman–Crippen MR) is 67.7 cm³/mol. The number of carboxylic acid groups (broad SMARTS) is 1. The summed E-state index contributed by atoms with van der Waals surface area (Å²) in [5.41, 5.74) is 0.626. The monoisotopic (exact) mass is 285 g/mol. The van der Waals surface area contributed by atoms with Crippen molar-refractivity contribution in [1.29, 1.82) is 0 Å². The second-order valence-corrected chi connectivity index (χ2v) is 4.33. The van der Waals surface area contributed by atoms with Crippen molar-refractivity contribution < 1.29 is 9.90 Å². The fraction of sp³-hybridized carbons (Fsp3) is 0.182. The van der Waals surface area contributed by atoms with Crippen molar-refractivity contribution >= 4 is 29.2 Å². The van der Waals surface area contributed by atoms with Crippen LogP contribution >= 0.6 is 23.2 Å². The molecule has 0 saturated carbocycles. The molecule has 1 aromatic heterocycles. The number of hydrogen-bond acceptors (Lipinski definition) is 3. The molecule has 2 rings (SSSR count). The van der Waals surface area contributed by atoms with E-state index in [1.54, 1.807) is 18.2 Å². The van der Waals surface area contributed by atoms with Gasteiger partial charge in [0.25, 0.3) is 5.82 Å². The summed E-state index contributed by atoms with van der Waals surface area (Å²) in [5, 5.41) is 13.6. The normalized spacial score (nSPS) is 10.6. The van der Waals surface area contributed by atoms with Crippen molar-refractivity contribution in [3.8, 4) is 5.69 Å². The summed E-state index contributed by atoms with van der Waals surface area (Å²) in [7, 11) is 0. The number of aromatic nitrogens is 3. The first-order valence-electron chi connectivity index (χ1n) is 5.17. The number of hydrogen-bond donors (Lipinski definition) is 1.